The van der Waals surface area contributed by atoms with E-state index >= 15 is 0 Å². The lowest BCUT2D eigenvalue weighted by molar-refractivity contribution is -0.696. The molecule has 346 valence electrons. The van der Waals surface area contributed by atoms with Crippen LogP contribution in [0, 0.1) is 22.3 Å². The Labute approximate surface area is 390 Å². The number of aromatic nitrogens is 6. The number of imide groups is 2. The van der Waals surface area contributed by atoms with E-state index in [9.17, 15) is 19.2 Å². The SMILES string of the molecule is C[n+]1ccn(CCCCc2ccc3c4c(cccc24)C(=O)N(CCCCCn2cc[n+](CCCN4C(=O)c5cccc6c(CCCCn7cc[n+](C)c7)ccc(c56)C4=O)c2)C3=O)c1.[CH3-].[CH3-].[CH3-]. The van der Waals surface area contributed by atoms with Crippen molar-refractivity contribution in [1.82, 2.24) is 23.5 Å². The number of hydrogen-bond donors (Lipinski definition) is 0. The molecule has 2 aliphatic rings. The second-order valence-corrected chi connectivity index (χ2v) is 17.4. The summed E-state index contributed by atoms with van der Waals surface area (Å²) in [6, 6.07) is 19.6. The zero-order valence-electron chi connectivity index (χ0n) is 39.5. The van der Waals surface area contributed by atoms with Crippen molar-refractivity contribution in [3.05, 3.63) is 172 Å². The van der Waals surface area contributed by atoms with Crippen molar-refractivity contribution in [1.29, 1.82) is 0 Å². The Balaban J connectivity index is 0.00000240. The van der Waals surface area contributed by atoms with Crippen LogP contribution in [-0.4, -0.2) is 60.2 Å². The molecule has 12 heteroatoms. The van der Waals surface area contributed by atoms with Crippen LogP contribution < -0.4 is 13.7 Å². The van der Waals surface area contributed by atoms with Crippen LogP contribution in [-0.2, 0) is 53.1 Å². The van der Waals surface area contributed by atoms with Crippen LogP contribution in [0.2, 0.25) is 0 Å². The molecule has 2 aliphatic heterocycles. The summed E-state index contributed by atoms with van der Waals surface area (Å²) < 4.78 is 12.7. The van der Waals surface area contributed by atoms with Gasteiger partial charge in [0.25, 0.3) is 23.6 Å². The highest BCUT2D eigenvalue weighted by atomic mass is 16.2. The first kappa shape index (κ1) is 48.8. The molecule has 0 bridgehead atoms. The summed E-state index contributed by atoms with van der Waals surface area (Å²) in [6.45, 7) is 4.12. The predicted octanol–water partition coefficient (Wildman–Crippen LogP) is 7.88. The van der Waals surface area contributed by atoms with Crippen LogP contribution in [0.15, 0.2) is 117 Å². The van der Waals surface area contributed by atoms with Crippen molar-refractivity contribution in [2.75, 3.05) is 13.1 Å². The third kappa shape index (κ3) is 10.1. The predicted molar refractivity (Wildman–Crippen MR) is 258 cm³/mol. The van der Waals surface area contributed by atoms with Crippen LogP contribution in [0.5, 0.6) is 0 Å². The summed E-state index contributed by atoms with van der Waals surface area (Å²) >= 11 is 0. The molecule has 4 amide bonds. The van der Waals surface area contributed by atoms with Gasteiger partial charge in [-0.25, -0.2) is 27.4 Å². The van der Waals surface area contributed by atoms with E-state index in [1.54, 1.807) is 0 Å². The average Bonchev–Trinajstić information content (AvgIpc) is 4.05. The van der Waals surface area contributed by atoms with Gasteiger partial charge in [-0.05, 0) is 104 Å². The maximum absolute atomic E-state index is 13.7. The number of amides is 4. The minimum absolute atomic E-state index is 0. The molecule has 3 aromatic heterocycles. The monoisotopic (exact) mass is 891 g/mol. The van der Waals surface area contributed by atoms with Crippen molar-refractivity contribution in [2.45, 2.75) is 90.4 Å². The van der Waals surface area contributed by atoms with Crippen molar-refractivity contribution in [3.8, 4) is 0 Å². The topological polar surface area (TPSA) is 101 Å². The largest absolute Gasteiger partial charge is 0.358 e. The molecule has 0 fully saturated rings. The van der Waals surface area contributed by atoms with Crippen LogP contribution in [0.3, 0.4) is 0 Å². The fourth-order valence-corrected chi connectivity index (χ4v) is 9.60. The Morgan fingerprint density at radius 3 is 1.30 bits per heavy atom. The molecule has 12 nitrogen and oxygen atoms in total. The second-order valence-electron chi connectivity index (χ2n) is 17.4. The Hall–Kier alpha value is -6.69. The van der Waals surface area contributed by atoms with E-state index in [0.717, 1.165) is 99.0 Å². The number of carbonyl (C=O) groups is 4. The second kappa shape index (κ2) is 21.5. The highest BCUT2D eigenvalue weighted by Gasteiger charge is 2.34. The molecule has 5 heterocycles. The van der Waals surface area contributed by atoms with Gasteiger partial charge in [0.05, 0.1) is 40.3 Å². The quantitative estimate of drug-likeness (QED) is 0.0337. The van der Waals surface area contributed by atoms with Gasteiger partial charge < -0.3 is 22.3 Å². The summed E-state index contributed by atoms with van der Waals surface area (Å²) in [5.74, 6) is -0.847. The van der Waals surface area contributed by atoms with Gasteiger partial charge in [-0.15, -0.1) is 0 Å². The maximum atomic E-state index is 13.7. The summed E-state index contributed by atoms with van der Waals surface area (Å²) in [5.41, 5.74) is 4.80. The zero-order chi connectivity index (χ0) is 43.5. The van der Waals surface area contributed by atoms with Gasteiger partial charge in [-0.2, -0.15) is 0 Å². The molecular weight excluding hydrogens is 825 g/mol. The van der Waals surface area contributed by atoms with Gasteiger partial charge in [0.2, 0.25) is 19.0 Å². The molecule has 0 saturated carbocycles. The number of rotatable bonds is 20. The van der Waals surface area contributed by atoms with E-state index in [2.05, 4.69) is 61.8 Å². The van der Waals surface area contributed by atoms with Gasteiger partial charge in [0.15, 0.2) is 0 Å². The molecule has 9 rings (SSSR count). The highest BCUT2D eigenvalue weighted by molar-refractivity contribution is 6.26. The molecule has 0 N–H and O–H groups in total. The minimum atomic E-state index is -0.221. The van der Waals surface area contributed by atoms with Gasteiger partial charge in [0, 0.05) is 52.5 Å². The normalized spacial score (nSPS) is 13.1. The minimum Gasteiger partial charge on any atom is -0.358 e. The van der Waals surface area contributed by atoms with E-state index in [-0.39, 0.29) is 45.9 Å². The number of nitrogens with zero attached hydrogens (tertiary/aromatic N) is 8. The van der Waals surface area contributed by atoms with Gasteiger partial charge >= 0.3 is 0 Å². The van der Waals surface area contributed by atoms with Crippen LogP contribution in [0.25, 0.3) is 21.5 Å². The van der Waals surface area contributed by atoms with E-state index in [1.165, 1.54) is 20.9 Å². The Morgan fingerprint density at radius 2 is 0.833 bits per heavy atom. The zero-order valence-corrected chi connectivity index (χ0v) is 39.5. The van der Waals surface area contributed by atoms with E-state index < -0.39 is 0 Å². The number of unbranched alkanes of at least 4 members (excludes halogenated alkanes) is 4. The molecule has 7 aromatic rings. The lowest BCUT2D eigenvalue weighted by Gasteiger charge is -2.28. The van der Waals surface area contributed by atoms with Crippen LogP contribution in [0.4, 0.5) is 0 Å². The van der Waals surface area contributed by atoms with Crippen molar-refractivity contribution in [2.24, 2.45) is 14.1 Å². The van der Waals surface area contributed by atoms with E-state index in [4.69, 9.17) is 0 Å². The lowest BCUT2D eigenvalue weighted by atomic mass is 9.89. The molecule has 66 heavy (non-hydrogen) atoms. The average molecular weight is 891 g/mol. The van der Waals surface area contributed by atoms with E-state index in [0.29, 0.717) is 48.3 Å². The number of benzene rings is 4. The van der Waals surface area contributed by atoms with Crippen molar-refractivity contribution < 1.29 is 32.9 Å². The number of carbonyl (C=O) groups excluding carboxylic acids is 4. The molecule has 0 radical (unpaired) electrons. The molecular formula is C54H66N8O4. The van der Waals surface area contributed by atoms with E-state index in [1.807, 2.05) is 96.5 Å². The molecule has 0 atom stereocenters. The highest BCUT2D eigenvalue weighted by Crippen LogP contribution is 2.34. The number of imidazole rings is 3. The van der Waals surface area contributed by atoms with Crippen molar-refractivity contribution in [3.63, 3.8) is 0 Å². The first-order valence-electron chi connectivity index (χ1n) is 22.6. The third-order valence-electron chi connectivity index (χ3n) is 12.9. The van der Waals surface area contributed by atoms with Gasteiger partial charge in [-0.3, -0.25) is 29.0 Å². The summed E-state index contributed by atoms with van der Waals surface area (Å²) in [6.07, 6.45) is 27.6. The molecule has 4 aromatic carbocycles. The Morgan fingerprint density at radius 1 is 0.424 bits per heavy atom. The Bertz CT molecular complexity index is 2800. The van der Waals surface area contributed by atoms with Crippen molar-refractivity contribution >= 4 is 45.2 Å². The molecule has 0 spiro atoms. The fraction of sp³-hybridized carbons (Fsp3) is 0.333. The standard InChI is InChI=1S/C51H57N8O4.3CH3/c1-52-29-31-54(35-52)24-8-4-13-38-19-21-44-46-40(38)15-10-17-42(46)48(60)58(50(44)62)27-7-3-6-23-56-33-34-57(37-56)26-12-28-59-49(61)43-18-11-16-41-39(20-22-45(47(41)43)51(59)63)14-5-9-25-55-32-30-53(2)36-55;;;/h10-11,15-22,29-37H,3-9,12-14,23-28H2,1-2H3;3*1H3/q+3;3*-1. The first-order valence-corrected chi connectivity index (χ1v) is 22.6. The molecule has 0 saturated heterocycles. The van der Waals surface area contributed by atoms with Gasteiger partial charge in [-0.1, -0.05) is 36.4 Å². The maximum Gasteiger partial charge on any atom is 0.261 e. The summed E-state index contributed by atoms with van der Waals surface area (Å²) in [7, 11) is 4.05. The first-order chi connectivity index (χ1) is 30.7. The molecule has 0 aliphatic carbocycles. The van der Waals surface area contributed by atoms with Gasteiger partial charge in [0.1, 0.15) is 37.2 Å². The number of hydrogen-bond acceptors (Lipinski definition) is 4. The third-order valence-corrected chi connectivity index (χ3v) is 12.9. The number of aryl methyl sites for hydroxylation is 8. The van der Waals surface area contributed by atoms with Crippen LogP contribution >= 0.6 is 0 Å². The van der Waals surface area contributed by atoms with Crippen LogP contribution in [0.1, 0.15) is 104 Å². The summed E-state index contributed by atoms with van der Waals surface area (Å²) in [5, 5.41) is 3.60. The summed E-state index contributed by atoms with van der Waals surface area (Å²) in [4.78, 5) is 57.7. The Kier molecular flexibility index (Phi) is 15.9. The molecule has 0 unspecified atom stereocenters. The fourth-order valence-electron chi connectivity index (χ4n) is 9.60. The smallest absolute Gasteiger partial charge is 0.261 e. The lowest BCUT2D eigenvalue weighted by Crippen LogP contribution is -2.42.